The van der Waals surface area contributed by atoms with Crippen molar-refractivity contribution in [1.29, 1.82) is 0 Å². The van der Waals surface area contributed by atoms with Gasteiger partial charge in [0.05, 0.1) is 5.57 Å². The van der Waals surface area contributed by atoms with Crippen molar-refractivity contribution in [1.82, 2.24) is 0 Å². The molecular formula is C29H38O4. The number of benzene rings is 1. The number of rotatable bonds is 9. The third kappa shape index (κ3) is 5.42. The van der Waals surface area contributed by atoms with Gasteiger partial charge < -0.3 is 0 Å². The number of unbranched alkanes of at least 4 members (excludes halogenated alkanes) is 1. The summed E-state index contributed by atoms with van der Waals surface area (Å²) in [5, 5.41) is 0. The monoisotopic (exact) mass is 450 g/mol. The Kier molecular flexibility index (Phi) is 8.20. The molecule has 3 rings (SSSR count). The number of hydrogen-bond acceptors (Lipinski definition) is 4. The highest BCUT2D eigenvalue weighted by Crippen LogP contribution is 2.41. The van der Waals surface area contributed by atoms with Gasteiger partial charge in [-0.25, -0.2) is 0 Å². The molecule has 2 aliphatic rings. The average molecular weight is 451 g/mol. The quantitative estimate of drug-likeness (QED) is 0.436. The second kappa shape index (κ2) is 10.7. The smallest absolute Gasteiger partial charge is 0.169 e. The van der Waals surface area contributed by atoms with Crippen LogP contribution in [0, 0.1) is 24.7 Å². The SMILES string of the molecule is CCCCC(=O)Cc1ccc2c(c1C)C(=O)CC(CC1CC(C)=C(C(C)=O)C(=O)C1CC)C2. The van der Waals surface area contributed by atoms with Crippen LogP contribution < -0.4 is 0 Å². The maximum Gasteiger partial charge on any atom is 0.169 e. The van der Waals surface area contributed by atoms with E-state index < -0.39 is 0 Å². The van der Waals surface area contributed by atoms with E-state index in [1.807, 2.05) is 32.9 Å². The summed E-state index contributed by atoms with van der Waals surface area (Å²) >= 11 is 0. The maximum absolute atomic E-state index is 13.2. The van der Waals surface area contributed by atoms with Crippen LogP contribution in [0.15, 0.2) is 23.3 Å². The zero-order valence-corrected chi connectivity index (χ0v) is 20.9. The van der Waals surface area contributed by atoms with Gasteiger partial charge in [-0.15, -0.1) is 0 Å². The maximum atomic E-state index is 13.2. The molecule has 4 nitrogen and oxygen atoms in total. The molecule has 33 heavy (non-hydrogen) atoms. The van der Waals surface area contributed by atoms with Crippen LogP contribution in [0.25, 0.3) is 0 Å². The molecule has 0 saturated carbocycles. The molecule has 178 valence electrons. The highest BCUT2D eigenvalue weighted by Gasteiger charge is 2.38. The molecule has 3 atom stereocenters. The van der Waals surface area contributed by atoms with E-state index in [-0.39, 0.29) is 40.9 Å². The topological polar surface area (TPSA) is 68.3 Å². The van der Waals surface area contributed by atoms with Crippen LogP contribution in [-0.4, -0.2) is 23.1 Å². The number of carbonyl (C=O) groups is 4. The van der Waals surface area contributed by atoms with Crippen molar-refractivity contribution in [2.24, 2.45) is 17.8 Å². The van der Waals surface area contributed by atoms with Crippen LogP contribution in [0.5, 0.6) is 0 Å². The lowest BCUT2D eigenvalue weighted by atomic mass is 9.67. The fraction of sp³-hybridized carbons (Fsp3) is 0.586. The predicted octanol–water partition coefficient (Wildman–Crippen LogP) is 5.95. The number of ketones is 4. The Morgan fingerprint density at radius 2 is 1.76 bits per heavy atom. The number of hydrogen-bond donors (Lipinski definition) is 0. The third-order valence-electron chi connectivity index (χ3n) is 7.70. The van der Waals surface area contributed by atoms with Crippen molar-refractivity contribution in [2.75, 3.05) is 0 Å². The van der Waals surface area contributed by atoms with Crippen molar-refractivity contribution in [2.45, 2.75) is 92.4 Å². The van der Waals surface area contributed by atoms with Gasteiger partial charge >= 0.3 is 0 Å². The molecule has 1 aromatic carbocycles. The molecule has 2 aliphatic carbocycles. The highest BCUT2D eigenvalue weighted by atomic mass is 16.2. The number of allylic oxidation sites excluding steroid dienone is 2. The molecule has 0 spiro atoms. The van der Waals surface area contributed by atoms with Crippen molar-refractivity contribution >= 4 is 23.1 Å². The molecule has 0 saturated heterocycles. The van der Waals surface area contributed by atoms with Gasteiger partial charge in [0.15, 0.2) is 17.3 Å². The summed E-state index contributed by atoms with van der Waals surface area (Å²) in [6.45, 7) is 9.46. The normalized spacial score (nSPS) is 23.0. The second-order valence-electron chi connectivity index (χ2n) is 10.2. The molecular weight excluding hydrogens is 412 g/mol. The number of fused-ring (bicyclic) bond motifs is 1. The first kappa shape index (κ1) is 25.3. The van der Waals surface area contributed by atoms with Gasteiger partial charge in [0.1, 0.15) is 5.78 Å². The average Bonchev–Trinajstić information content (AvgIpc) is 2.73. The minimum Gasteiger partial charge on any atom is -0.299 e. The Balaban J connectivity index is 1.77. The minimum absolute atomic E-state index is 0.00508. The lowest BCUT2D eigenvalue weighted by Gasteiger charge is -2.35. The molecule has 0 aromatic heterocycles. The van der Waals surface area contributed by atoms with Gasteiger partial charge in [-0.1, -0.05) is 38.0 Å². The summed E-state index contributed by atoms with van der Waals surface area (Å²) in [5.41, 5.74) is 5.13. The molecule has 0 radical (unpaired) electrons. The highest BCUT2D eigenvalue weighted by molar-refractivity contribution is 6.21. The molecule has 3 unspecified atom stereocenters. The van der Waals surface area contributed by atoms with Crippen molar-refractivity contribution in [3.63, 3.8) is 0 Å². The molecule has 0 N–H and O–H groups in total. The van der Waals surface area contributed by atoms with Crippen LogP contribution in [-0.2, 0) is 27.2 Å². The first-order valence-electron chi connectivity index (χ1n) is 12.6. The van der Waals surface area contributed by atoms with Crippen molar-refractivity contribution in [3.8, 4) is 0 Å². The van der Waals surface area contributed by atoms with Gasteiger partial charge in [-0.05, 0) is 81.4 Å². The largest absolute Gasteiger partial charge is 0.299 e. The number of Topliss-reactive ketones (excluding diaryl/α,β-unsaturated/α-hetero) is 4. The molecule has 0 amide bonds. The third-order valence-corrected chi connectivity index (χ3v) is 7.70. The zero-order valence-electron chi connectivity index (χ0n) is 20.9. The molecule has 0 aliphatic heterocycles. The summed E-state index contributed by atoms with van der Waals surface area (Å²) in [7, 11) is 0. The van der Waals surface area contributed by atoms with E-state index in [9.17, 15) is 19.2 Å². The Labute approximate surface area is 198 Å². The molecule has 1 aromatic rings. The van der Waals surface area contributed by atoms with E-state index in [4.69, 9.17) is 0 Å². The predicted molar refractivity (Wildman–Crippen MR) is 130 cm³/mol. The van der Waals surface area contributed by atoms with Gasteiger partial charge in [0.2, 0.25) is 0 Å². The summed E-state index contributed by atoms with van der Waals surface area (Å²) in [6.07, 6.45) is 6.55. The van der Waals surface area contributed by atoms with Crippen LogP contribution >= 0.6 is 0 Å². The molecule has 4 heteroatoms. The van der Waals surface area contributed by atoms with Gasteiger partial charge in [0, 0.05) is 30.7 Å². The first-order valence-corrected chi connectivity index (χ1v) is 12.6. The second-order valence-corrected chi connectivity index (χ2v) is 10.2. The first-order chi connectivity index (χ1) is 15.7. The number of carbonyl (C=O) groups excluding carboxylic acids is 4. The van der Waals surface area contributed by atoms with E-state index in [0.29, 0.717) is 24.8 Å². The standard InChI is InChI=1S/C29H38O4/c1-6-8-9-24(31)16-21-10-11-22-13-20(15-26(32)28(22)18(21)4)14-23-12-17(3)27(19(5)30)29(33)25(23)7-2/h10-11,20,23,25H,6-9,12-16H2,1-5H3. The van der Waals surface area contributed by atoms with E-state index in [0.717, 1.165) is 66.4 Å². The summed E-state index contributed by atoms with van der Waals surface area (Å²) in [5.74, 6) is 0.518. The van der Waals surface area contributed by atoms with Crippen molar-refractivity contribution in [3.05, 3.63) is 45.5 Å². The lowest BCUT2D eigenvalue weighted by molar-refractivity contribution is -0.125. The fourth-order valence-electron chi connectivity index (χ4n) is 6.07. The summed E-state index contributed by atoms with van der Waals surface area (Å²) in [6, 6.07) is 4.07. The Bertz CT molecular complexity index is 997. The van der Waals surface area contributed by atoms with E-state index in [1.54, 1.807) is 0 Å². The van der Waals surface area contributed by atoms with Crippen LogP contribution in [0.1, 0.15) is 99.7 Å². The van der Waals surface area contributed by atoms with Crippen LogP contribution in [0.3, 0.4) is 0 Å². The van der Waals surface area contributed by atoms with Crippen molar-refractivity contribution < 1.29 is 19.2 Å². The molecule has 0 bridgehead atoms. The Morgan fingerprint density at radius 3 is 2.39 bits per heavy atom. The lowest BCUT2D eigenvalue weighted by Crippen LogP contribution is -2.35. The van der Waals surface area contributed by atoms with Crippen LogP contribution in [0.2, 0.25) is 0 Å². The van der Waals surface area contributed by atoms with Crippen LogP contribution in [0.4, 0.5) is 0 Å². The molecule has 0 fully saturated rings. The minimum atomic E-state index is -0.137. The van der Waals surface area contributed by atoms with Gasteiger partial charge in [-0.3, -0.25) is 19.2 Å². The van der Waals surface area contributed by atoms with Gasteiger partial charge in [0.25, 0.3) is 0 Å². The van der Waals surface area contributed by atoms with E-state index in [2.05, 4.69) is 6.92 Å². The van der Waals surface area contributed by atoms with Gasteiger partial charge in [-0.2, -0.15) is 0 Å². The fourth-order valence-corrected chi connectivity index (χ4v) is 6.07. The Hall–Kier alpha value is -2.36. The van der Waals surface area contributed by atoms with E-state index >= 15 is 0 Å². The summed E-state index contributed by atoms with van der Waals surface area (Å²) < 4.78 is 0. The Morgan fingerprint density at radius 1 is 1.03 bits per heavy atom. The molecule has 0 heterocycles. The summed E-state index contributed by atoms with van der Waals surface area (Å²) in [4.78, 5) is 50.4. The zero-order chi connectivity index (χ0) is 24.3. The van der Waals surface area contributed by atoms with E-state index in [1.165, 1.54) is 6.92 Å².